The van der Waals surface area contributed by atoms with E-state index in [0.29, 0.717) is 6.54 Å². The third-order valence-electron chi connectivity index (χ3n) is 2.73. The molecule has 96 valence electrons. The maximum Gasteiger partial charge on any atom is 0.149 e. The summed E-state index contributed by atoms with van der Waals surface area (Å²) in [5, 5.41) is 11.2. The van der Waals surface area contributed by atoms with Gasteiger partial charge in [-0.3, -0.25) is 0 Å². The summed E-state index contributed by atoms with van der Waals surface area (Å²) in [4.78, 5) is 0. The highest BCUT2D eigenvalue weighted by molar-refractivity contribution is 6.30. The highest BCUT2D eigenvalue weighted by Crippen LogP contribution is 2.16. The third-order valence-corrected chi connectivity index (χ3v) is 3.04. The molecule has 1 unspecified atom stereocenters. The molecule has 0 radical (unpaired) electrons. The number of aromatic nitrogens is 3. The Balaban J connectivity index is 1.99. The van der Waals surface area contributed by atoms with Gasteiger partial charge >= 0.3 is 0 Å². The normalized spacial score (nSPS) is 12.7. The molecule has 1 aromatic carbocycles. The van der Waals surface area contributed by atoms with E-state index in [4.69, 9.17) is 11.6 Å². The molecule has 0 bridgehead atoms. The monoisotopic (exact) mass is 268 g/mol. The molecule has 1 heterocycles. The first-order valence-corrected chi connectivity index (χ1v) is 5.97. The Kier molecular flexibility index (Phi) is 3.93. The first kappa shape index (κ1) is 13.0. The van der Waals surface area contributed by atoms with Gasteiger partial charge in [0, 0.05) is 13.6 Å². The van der Waals surface area contributed by atoms with Gasteiger partial charge in [0.25, 0.3) is 0 Å². The lowest BCUT2D eigenvalue weighted by Gasteiger charge is -2.13. The van der Waals surface area contributed by atoms with Crippen molar-refractivity contribution in [3.8, 4) is 0 Å². The summed E-state index contributed by atoms with van der Waals surface area (Å²) in [7, 11) is 1.88. The molecule has 0 fully saturated rings. The molecule has 4 nitrogen and oxygen atoms in total. The average molecular weight is 269 g/mol. The molecule has 2 rings (SSSR count). The molecule has 1 N–H and O–H groups in total. The van der Waals surface area contributed by atoms with Gasteiger partial charge in [-0.1, -0.05) is 17.7 Å². The summed E-state index contributed by atoms with van der Waals surface area (Å²) in [6.07, 6.45) is 1.65. The Hall–Kier alpha value is -1.46. The summed E-state index contributed by atoms with van der Waals surface area (Å²) in [6.45, 7) is 2.53. The lowest BCUT2D eigenvalue weighted by atomic mass is 10.2. The smallest absolute Gasteiger partial charge is 0.149 e. The van der Waals surface area contributed by atoms with Crippen LogP contribution in [0, 0.1) is 5.82 Å². The molecule has 1 atom stereocenters. The predicted molar refractivity (Wildman–Crippen MR) is 67.7 cm³/mol. The van der Waals surface area contributed by atoms with Gasteiger partial charge in [-0.05, 0) is 24.6 Å². The Bertz CT molecular complexity index is 541. The van der Waals surface area contributed by atoms with Crippen LogP contribution in [-0.2, 0) is 13.6 Å². The number of halogens is 2. The van der Waals surface area contributed by atoms with Gasteiger partial charge in [0.15, 0.2) is 0 Å². The first-order chi connectivity index (χ1) is 8.58. The van der Waals surface area contributed by atoms with E-state index in [9.17, 15) is 4.39 Å². The van der Waals surface area contributed by atoms with E-state index >= 15 is 0 Å². The van der Waals surface area contributed by atoms with Gasteiger partial charge in [-0.25, -0.2) is 4.39 Å². The van der Waals surface area contributed by atoms with Crippen LogP contribution in [0.3, 0.4) is 0 Å². The number of benzene rings is 1. The molecule has 0 spiro atoms. The van der Waals surface area contributed by atoms with Crippen LogP contribution in [0.4, 0.5) is 4.39 Å². The zero-order valence-corrected chi connectivity index (χ0v) is 10.9. The second-order valence-electron chi connectivity index (χ2n) is 4.15. The largest absolute Gasteiger partial charge is 0.319 e. The number of hydrogen-bond acceptors (Lipinski definition) is 3. The Morgan fingerprint density at radius 3 is 2.89 bits per heavy atom. The van der Waals surface area contributed by atoms with E-state index < -0.39 is 5.82 Å². The molecular weight excluding hydrogens is 255 g/mol. The van der Waals surface area contributed by atoms with E-state index in [1.165, 1.54) is 6.07 Å². The summed E-state index contributed by atoms with van der Waals surface area (Å²) < 4.78 is 15.1. The fourth-order valence-electron chi connectivity index (χ4n) is 1.70. The van der Waals surface area contributed by atoms with Crippen molar-refractivity contribution in [1.29, 1.82) is 0 Å². The maximum atomic E-state index is 13.3. The molecule has 2 aromatic rings. The molecule has 6 heteroatoms. The Labute approximate surface area is 110 Å². The van der Waals surface area contributed by atoms with E-state index in [0.717, 1.165) is 11.4 Å². The van der Waals surface area contributed by atoms with Crippen LogP contribution in [0.5, 0.6) is 0 Å². The van der Waals surface area contributed by atoms with E-state index in [1.54, 1.807) is 18.5 Å². The quantitative estimate of drug-likeness (QED) is 0.926. The van der Waals surface area contributed by atoms with Gasteiger partial charge < -0.3 is 9.88 Å². The molecule has 0 aliphatic rings. The molecule has 0 aliphatic heterocycles. The minimum Gasteiger partial charge on any atom is -0.319 e. The van der Waals surface area contributed by atoms with Gasteiger partial charge in [-0.15, -0.1) is 10.2 Å². The van der Waals surface area contributed by atoms with Crippen LogP contribution in [0.25, 0.3) is 0 Å². The fraction of sp³-hybridized carbons (Fsp3) is 0.333. The van der Waals surface area contributed by atoms with E-state index in [1.807, 2.05) is 18.5 Å². The predicted octanol–water partition coefficient (Wildman–Crippen LogP) is 2.46. The molecule has 18 heavy (non-hydrogen) atoms. The van der Waals surface area contributed by atoms with Crippen LogP contribution < -0.4 is 5.32 Å². The van der Waals surface area contributed by atoms with Crippen LogP contribution in [0.2, 0.25) is 5.02 Å². The minimum atomic E-state index is -0.401. The van der Waals surface area contributed by atoms with Crippen molar-refractivity contribution in [2.24, 2.45) is 7.05 Å². The highest BCUT2D eigenvalue weighted by Gasteiger charge is 2.10. The van der Waals surface area contributed by atoms with Crippen molar-refractivity contribution in [1.82, 2.24) is 20.1 Å². The highest BCUT2D eigenvalue weighted by atomic mass is 35.5. The number of nitrogens with zero attached hydrogens (tertiary/aromatic N) is 3. The summed E-state index contributed by atoms with van der Waals surface area (Å²) in [5.74, 6) is 0.437. The SMILES string of the molecule is CC(NCc1ccc(Cl)c(F)c1)c1nncn1C. The lowest BCUT2D eigenvalue weighted by Crippen LogP contribution is -2.21. The van der Waals surface area contributed by atoms with Crippen LogP contribution in [0.15, 0.2) is 24.5 Å². The topological polar surface area (TPSA) is 42.7 Å². The number of hydrogen-bond donors (Lipinski definition) is 1. The second-order valence-corrected chi connectivity index (χ2v) is 4.56. The van der Waals surface area contributed by atoms with Crippen molar-refractivity contribution >= 4 is 11.6 Å². The van der Waals surface area contributed by atoms with Gasteiger partial charge in [0.05, 0.1) is 11.1 Å². The number of aryl methyl sites for hydroxylation is 1. The van der Waals surface area contributed by atoms with E-state index in [2.05, 4.69) is 15.5 Å². The van der Waals surface area contributed by atoms with Crippen molar-refractivity contribution in [2.45, 2.75) is 19.5 Å². The first-order valence-electron chi connectivity index (χ1n) is 5.59. The number of rotatable bonds is 4. The molecule has 0 amide bonds. The standard InChI is InChI=1S/C12H14ClFN4/c1-8(12-17-16-7-18(12)2)15-6-9-3-4-10(13)11(14)5-9/h3-5,7-8,15H,6H2,1-2H3. The Morgan fingerprint density at radius 2 is 2.28 bits per heavy atom. The van der Waals surface area contributed by atoms with Gasteiger partial charge in [-0.2, -0.15) is 0 Å². The molecule has 0 aliphatic carbocycles. The summed E-state index contributed by atoms with van der Waals surface area (Å²) >= 11 is 5.63. The Morgan fingerprint density at radius 1 is 1.50 bits per heavy atom. The van der Waals surface area contributed by atoms with Crippen molar-refractivity contribution in [3.63, 3.8) is 0 Å². The van der Waals surface area contributed by atoms with Crippen molar-refractivity contribution < 1.29 is 4.39 Å². The van der Waals surface area contributed by atoms with Crippen LogP contribution in [0.1, 0.15) is 24.4 Å². The molecule has 0 saturated carbocycles. The molecular formula is C12H14ClFN4. The third kappa shape index (κ3) is 2.86. The van der Waals surface area contributed by atoms with Crippen molar-refractivity contribution in [2.75, 3.05) is 0 Å². The van der Waals surface area contributed by atoms with E-state index in [-0.39, 0.29) is 11.1 Å². The zero-order valence-electron chi connectivity index (χ0n) is 10.2. The molecule has 0 saturated heterocycles. The lowest BCUT2D eigenvalue weighted by molar-refractivity contribution is 0.526. The van der Waals surface area contributed by atoms with Crippen LogP contribution in [-0.4, -0.2) is 14.8 Å². The second kappa shape index (κ2) is 5.46. The molecule has 1 aromatic heterocycles. The fourth-order valence-corrected chi connectivity index (χ4v) is 1.81. The van der Waals surface area contributed by atoms with Gasteiger partial charge in [0.2, 0.25) is 0 Å². The van der Waals surface area contributed by atoms with Gasteiger partial charge in [0.1, 0.15) is 18.0 Å². The average Bonchev–Trinajstić information content (AvgIpc) is 2.77. The van der Waals surface area contributed by atoms with Crippen molar-refractivity contribution in [3.05, 3.63) is 46.8 Å². The summed E-state index contributed by atoms with van der Waals surface area (Å²) in [5.41, 5.74) is 0.839. The minimum absolute atomic E-state index is 0.0382. The zero-order chi connectivity index (χ0) is 13.1. The maximum absolute atomic E-state index is 13.3. The number of nitrogens with one attached hydrogen (secondary N) is 1. The van der Waals surface area contributed by atoms with Crippen LogP contribution >= 0.6 is 11.6 Å². The summed E-state index contributed by atoms with van der Waals surface area (Å²) in [6, 6.07) is 4.82.